The molecule has 1 aliphatic heterocycles. The fourth-order valence-electron chi connectivity index (χ4n) is 3.47. The Balaban J connectivity index is 1.44. The molecular formula is C25H20N2O5. The zero-order chi connectivity index (χ0) is 22.8. The molecule has 1 heterocycles. The molecule has 32 heavy (non-hydrogen) atoms. The topological polar surface area (TPSA) is 92.8 Å². The van der Waals surface area contributed by atoms with Crippen LogP contribution in [-0.4, -0.2) is 30.3 Å². The van der Waals surface area contributed by atoms with Crippen LogP contribution in [0.2, 0.25) is 0 Å². The van der Waals surface area contributed by atoms with Gasteiger partial charge in [-0.2, -0.15) is 0 Å². The van der Waals surface area contributed by atoms with Gasteiger partial charge < -0.3 is 10.1 Å². The van der Waals surface area contributed by atoms with E-state index >= 15 is 0 Å². The zero-order valence-electron chi connectivity index (χ0n) is 17.5. The lowest BCUT2D eigenvalue weighted by atomic mass is 10.1. The number of imide groups is 1. The van der Waals surface area contributed by atoms with Gasteiger partial charge in [0.05, 0.1) is 22.4 Å². The molecule has 0 bridgehead atoms. The van der Waals surface area contributed by atoms with Crippen LogP contribution in [0.5, 0.6) is 0 Å². The van der Waals surface area contributed by atoms with E-state index in [1.54, 1.807) is 36.4 Å². The molecule has 0 saturated heterocycles. The van der Waals surface area contributed by atoms with Crippen molar-refractivity contribution in [2.24, 2.45) is 0 Å². The number of ether oxygens (including phenoxy) is 1. The Hall–Kier alpha value is -4.26. The molecule has 160 valence electrons. The van der Waals surface area contributed by atoms with Gasteiger partial charge in [0.15, 0.2) is 6.61 Å². The van der Waals surface area contributed by atoms with E-state index in [9.17, 15) is 19.2 Å². The van der Waals surface area contributed by atoms with Crippen molar-refractivity contribution in [2.45, 2.75) is 13.8 Å². The van der Waals surface area contributed by atoms with Crippen molar-refractivity contribution in [1.29, 1.82) is 0 Å². The average molecular weight is 428 g/mol. The lowest BCUT2D eigenvalue weighted by molar-refractivity contribution is -0.119. The average Bonchev–Trinajstić information content (AvgIpc) is 3.05. The molecule has 1 aliphatic rings. The fourth-order valence-corrected chi connectivity index (χ4v) is 3.47. The third-order valence-corrected chi connectivity index (χ3v) is 5.14. The second-order valence-corrected chi connectivity index (χ2v) is 7.48. The van der Waals surface area contributed by atoms with Crippen molar-refractivity contribution >= 4 is 35.1 Å². The van der Waals surface area contributed by atoms with Gasteiger partial charge in [-0.1, -0.05) is 30.3 Å². The molecule has 3 aromatic rings. The molecule has 0 atom stereocenters. The highest BCUT2D eigenvalue weighted by molar-refractivity contribution is 6.34. The first-order valence-electron chi connectivity index (χ1n) is 9.97. The van der Waals surface area contributed by atoms with E-state index in [4.69, 9.17) is 4.74 Å². The minimum atomic E-state index is -0.737. The minimum Gasteiger partial charge on any atom is -0.452 e. The molecule has 7 nitrogen and oxygen atoms in total. The number of esters is 1. The highest BCUT2D eigenvalue weighted by Gasteiger charge is 2.36. The number of benzene rings is 3. The van der Waals surface area contributed by atoms with Gasteiger partial charge in [0, 0.05) is 5.69 Å². The Morgan fingerprint density at radius 1 is 0.875 bits per heavy atom. The maximum Gasteiger partial charge on any atom is 0.338 e. The van der Waals surface area contributed by atoms with E-state index < -0.39 is 30.3 Å². The number of hydrogen-bond donors (Lipinski definition) is 1. The summed E-state index contributed by atoms with van der Waals surface area (Å²) in [6.07, 6.45) is 0. The molecule has 3 aromatic carbocycles. The van der Waals surface area contributed by atoms with Crippen LogP contribution in [0.3, 0.4) is 0 Å². The fraction of sp³-hybridized carbons (Fsp3) is 0.120. The van der Waals surface area contributed by atoms with Crippen molar-refractivity contribution in [3.8, 4) is 0 Å². The van der Waals surface area contributed by atoms with Crippen LogP contribution < -0.4 is 10.2 Å². The first-order chi connectivity index (χ1) is 15.3. The van der Waals surface area contributed by atoms with Crippen molar-refractivity contribution in [2.75, 3.05) is 16.8 Å². The van der Waals surface area contributed by atoms with E-state index in [1.807, 2.05) is 32.0 Å². The monoisotopic (exact) mass is 428 g/mol. The highest BCUT2D eigenvalue weighted by atomic mass is 16.5. The van der Waals surface area contributed by atoms with Gasteiger partial charge in [-0.25, -0.2) is 9.69 Å². The van der Waals surface area contributed by atoms with Crippen molar-refractivity contribution in [3.05, 3.63) is 94.5 Å². The molecule has 0 unspecified atom stereocenters. The van der Waals surface area contributed by atoms with E-state index in [0.717, 1.165) is 16.0 Å². The molecule has 7 heteroatoms. The number of carbonyl (C=O) groups is 4. The number of rotatable bonds is 5. The molecule has 3 amide bonds. The first-order valence-corrected chi connectivity index (χ1v) is 9.97. The van der Waals surface area contributed by atoms with Gasteiger partial charge in [-0.05, 0) is 61.4 Å². The molecule has 0 aromatic heterocycles. The van der Waals surface area contributed by atoms with Gasteiger partial charge >= 0.3 is 5.97 Å². The van der Waals surface area contributed by atoms with E-state index in [0.29, 0.717) is 16.8 Å². The lowest BCUT2D eigenvalue weighted by Crippen LogP contribution is -2.29. The van der Waals surface area contributed by atoms with Crippen LogP contribution in [0, 0.1) is 13.8 Å². The van der Waals surface area contributed by atoms with E-state index in [2.05, 4.69) is 5.32 Å². The molecule has 0 fully saturated rings. The van der Waals surface area contributed by atoms with E-state index in [-0.39, 0.29) is 11.3 Å². The summed E-state index contributed by atoms with van der Waals surface area (Å²) in [4.78, 5) is 51.0. The maximum atomic E-state index is 12.7. The smallest absolute Gasteiger partial charge is 0.338 e. The molecule has 0 spiro atoms. The molecular weight excluding hydrogens is 408 g/mol. The second-order valence-electron chi connectivity index (χ2n) is 7.48. The lowest BCUT2D eigenvalue weighted by Gasteiger charge is -2.15. The largest absolute Gasteiger partial charge is 0.452 e. The number of nitrogens with one attached hydrogen (secondary N) is 1. The summed E-state index contributed by atoms with van der Waals surface area (Å²) in [7, 11) is 0. The third kappa shape index (κ3) is 4.00. The summed E-state index contributed by atoms with van der Waals surface area (Å²) in [5.74, 6) is -2.11. The van der Waals surface area contributed by atoms with Crippen LogP contribution >= 0.6 is 0 Å². The number of carbonyl (C=O) groups excluding carboxylic acids is 4. The predicted octanol–water partition coefficient (Wildman–Crippen LogP) is 3.90. The van der Waals surface area contributed by atoms with Crippen LogP contribution in [0.4, 0.5) is 11.4 Å². The summed E-state index contributed by atoms with van der Waals surface area (Å²) in [6.45, 7) is 3.31. The summed E-state index contributed by atoms with van der Waals surface area (Å²) in [5.41, 5.74) is 3.54. The Labute approximate surface area is 184 Å². The minimum absolute atomic E-state index is 0.124. The van der Waals surface area contributed by atoms with Crippen molar-refractivity contribution < 1.29 is 23.9 Å². The van der Waals surface area contributed by atoms with Gasteiger partial charge in [0.25, 0.3) is 17.7 Å². The Morgan fingerprint density at radius 3 is 2.25 bits per heavy atom. The Kier molecular flexibility index (Phi) is 5.55. The number of hydrogen-bond acceptors (Lipinski definition) is 5. The van der Waals surface area contributed by atoms with Gasteiger partial charge in [-0.3, -0.25) is 14.4 Å². The molecule has 1 N–H and O–H groups in total. The molecule has 0 aliphatic carbocycles. The number of aryl methyl sites for hydroxylation is 2. The molecule has 0 saturated carbocycles. The summed E-state index contributed by atoms with van der Waals surface area (Å²) in [5, 5.41) is 2.72. The number of amides is 3. The standard InChI is InChI=1S/C25H20N2O5/c1-15-10-11-16(2)21(12-15)26-22(28)14-32-25(31)17-6-5-7-18(13-17)27-23(29)19-8-3-4-9-20(19)24(27)30/h3-13H,14H2,1-2H3,(H,26,28). The van der Waals surface area contributed by atoms with Crippen molar-refractivity contribution in [3.63, 3.8) is 0 Å². The van der Waals surface area contributed by atoms with Gasteiger partial charge in [0.1, 0.15) is 0 Å². The predicted molar refractivity (Wildman–Crippen MR) is 119 cm³/mol. The second kappa shape index (κ2) is 8.47. The third-order valence-electron chi connectivity index (χ3n) is 5.14. The van der Waals surface area contributed by atoms with Crippen LogP contribution in [0.25, 0.3) is 0 Å². The number of fused-ring (bicyclic) bond motifs is 1. The van der Waals surface area contributed by atoms with Gasteiger partial charge in [0.2, 0.25) is 0 Å². The summed E-state index contributed by atoms with van der Waals surface area (Å²) < 4.78 is 5.13. The Morgan fingerprint density at radius 2 is 1.56 bits per heavy atom. The van der Waals surface area contributed by atoms with E-state index in [1.165, 1.54) is 12.1 Å². The number of nitrogens with zero attached hydrogens (tertiary/aromatic N) is 1. The Bertz CT molecular complexity index is 1230. The van der Waals surface area contributed by atoms with Crippen LogP contribution in [-0.2, 0) is 9.53 Å². The van der Waals surface area contributed by atoms with Crippen LogP contribution in [0.1, 0.15) is 42.2 Å². The summed E-state index contributed by atoms with van der Waals surface area (Å²) in [6, 6.07) is 18.2. The van der Waals surface area contributed by atoms with Crippen molar-refractivity contribution in [1.82, 2.24) is 0 Å². The molecule has 4 rings (SSSR count). The zero-order valence-corrected chi connectivity index (χ0v) is 17.5. The molecule has 0 radical (unpaired) electrons. The quantitative estimate of drug-likeness (QED) is 0.492. The number of anilines is 2. The summed E-state index contributed by atoms with van der Waals surface area (Å²) >= 11 is 0. The SMILES string of the molecule is Cc1ccc(C)c(NC(=O)COC(=O)c2cccc(N3C(=O)c4ccccc4C3=O)c2)c1. The normalized spacial score (nSPS) is 12.5. The highest BCUT2D eigenvalue weighted by Crippen LogP contribution is 2.28. The first kappa shape index (κ1) is 21.0. The van der Waals surface area contributed by atoms with Crippen LogP contribution in [0.15, 0.2) is 66.7 Å². The van der Waals surface area contributed by atoms with Gasteiger partial charge in [-0.15, -0.1) is 0 Å². The maximum absolute atomic E-state index is 12.7.